The monoisotopic (exact) mass is 290 g/mol. The minimum Gasteiger partial charge on any atom is -0.338 e. The smallest absolute Gasteiger partial charge is 0.225 e. The summed E-state index contributed by atoms with van der Waals surface area (Å²) in [5, 5.41) is 3.47. The molecule has 1 aromatic rings. The van der Waals surface area contributed by atoms with Crippen molar-refractivity contribution >= 4 is 5.95 Å². The molecule has 0 atom stereocenters. The van der Waals surface area contributed by atoms with Crippen LogP contribution in [0.25, 0.3) is 0 Å². The molecule has 0 unspecified atom stereocenters. The fourth-order valence-electron chi connectivity index (χ4n) is 2.91. The second-order valence-electron chi connectivity index (χ2n) is 7.07. The lowest BCUT2D eigenvalue weighted by atomic mass is 9.94. The second-order valence-corrected chi connectivity index (χ2v) is 7.07. The number of aromatic nitrogens is 2. The van der Waals surface area contributed by atoms with Crippen molar-refractivity contribution in [3.8, 4) is 0 Å². The molecule has 0 aromatic carbocycles. The molecule has 2 rings (SSSR count). The molecule has 0 spiro atoms. The third-order valence-electron chi connectivity index (χ3n) is 4.13. The largest absolute Gasteiger partial charge is 0.338 e. The molecule has 0 amide bonds. The third-order valence-corrected chi connectivity index (χ3v) is 4.13. The molecule has 1 fully saturated rings. The number of hydrogen-bond donors (Lipinski definition) is 1. The maximum atomic E-state index is 4.60. The molecule has 0 bridgehead atoms. The highest BCUT2D eigenvalue weighted by Crippen LogP contribution is 2.25. The average Bonchev–Trinajstić information content (AvgIpc) is 2.47. The highest BCUT2D eigenvalue weighted by molar-refractivity contribution is 5.31. The summed E-state index contributed by atoms with van der Waals surface area (Å²) in [6, 6.07) is 0.627. The van der Waals surface area contributed by atoms with Crippen LogP contribution in [0.4, 0.5) is 5.95 Å². The summed E-state index contributed by atoms with van der Waals surface area (Å²) in [7, 11) is 0. The van der Waals surface area contributed by atoms with Crippen molar-refractivity contribution in [1.82, 2.24) is 15.3 Å². The fraction of sp³-hybridized carbons (Fsp3) is 0.765. The molecule has 4 heteroatoms. The Morgan fingerprint density at radius 1 is 1.14 bits per heavy atom. The lowest BCUT2D eigenvalue weighted by molar-refractivity contribution is 0.413. The van der Waals surface area contributed by atoms with Gasteiger partial charge < -0.3 is 10.2 Å². The molecular weight excluding hydrogens is 260 g/mol. The first-order valence-corrected chi connectivity index (χ1v) is 8.32. The maximum absolute atomic E-state index is 4.60. The van der Waals surface area contributed by atoms with Crippen LogP contribution in [0.2, 0.25) is 0 Å². The molecule has 0 saturated heterocycles. The van der Waals surface area contributed by atoms with Crippen LogP contribution in [0.5, 0.6) is 0 Å². The quantitative estimate of drug-likeness (QED) is 0.901. The van der Waals surface area contributed by atoms with Crippen LogP contribution in [0.15, 0.2) is 12.4 Å². The van der Waals surface area contributed by atoms with E-state index in [1.165, 1.54) is 32.1 Å². The Labute approximate surface area is 129 Å². The normalized spacial score (nSPS) is 17.0. The number of hydrogen-bond acceptors (Lipinski definition) is 4. The summed E-state index contributed by atoms with van der Waals surface area (Å²) >= 11 is 0. The van der Waals surface area contributed by atoms with Crippen molar-refractivity contribution in [3.05, 3.63) is 18.0 Å². The van der Waals surface area contributed by atoms with Gasteiger partial charge in [0.2, 0.25) is 5.95 Å². The van der Waals surface area contributed by atoms with Crippen LogP contribution in [0, 0.1) is 0 Å². The summed E-state index contributed by atoms with van der Waals surface area (Å²) in [6.07, 6.45) is 10.6. The number of anilines is 1. The summed E-state index contributed by atoms with van der Waals surface area (Å²) in [5.74, 6) is 0.893. The molecular formula is C17H30N4. The van der Waals surface area contributed by atoms with Gasteiger partial charge in [0.1, 0.15) is 0 Å². The molecule has 4 nitrogen and oxygen atoms in total. The van der Waals surface area contributed by atoms with Gasteiger partial charge in [0, 0.05) is 42.6 Å². The Hall–Kier alpha value is -1.16. The molecule has 21 heavy (non-hydrogen) atoms. The fourth-order valence-corrected chi connectivity index (χ4v) is 2.91. The summed E-state index contributed by atoms with van der Waals surface area (Å²) < 4.78 is 0. The zero-order valence-electron chi connectivity index (χ0n) is 14.0. The maximum Gasteiger partial charge on any atom is 0.225 e. The number of nitrogens with zero attached hydrogens (tertiary/aromatic N) is 3. The minimum absolute atomic E-state index is 0.121. The van der Waals surface area contributed by atoms with Gasteiger partial charge in [-0.2, -0.15) is 0 Å². The van der Waals surface area contributed by atoms with Crippen LogP contribution in [0.1, 0.15) is 65.4 Å². The van der Waals surface area contributed by atoms with E-state index in [9.17, 15) is 0 Å². The van der Waals surface area contributed by atoms with Crippen LogP contribution < -0.4 is 10.2 Å². The SMILES string of the molecule is CCN(c1ncc(CNC(C)(C)C)cn1)C1CCCCC1. The molecule has 1 heterocycles. The second kappa shape index (κ2) is 7.21. The third kappa shape index (κ3) is 4.95. The van der Waals surface area contributed by atoms with E-state index in [4.69, 9.17) is 0 Å². The van der Waals surface area contributed by atoms with Crippen LogP contribution in [0.3, 0.4) is 0 Å². The highest BCUT2D eigenvalue weighted by Gasteiger charge is 2.21. The average molecular weight is 290 g/mol. The Morgan fingerprint density at radius 3 is 2.29 bits per heavy atom. The Bertz CT molecular complexity index is 415. The van der Waals surface area contributed by atoms with Crippen LogP contribution in [-0.4, -0.2) is 28.1 Å². The van der Waals surface area contributed by atoms with Crippen molar-refractivity contribution < 1.29 is 0 Å². The van der Waals surface area contributed by atoms with Gasteiger partial charge in [-0.25, -0.2) is 9.97 Å². The predicted molar refractivity (Wildman–Crippen MR) is 88.5 cm³/mol. The Kier molecular flexibility index (Phi) is 5.57. The van der Waals surface area contributed by atoms with Crippen molar-refractivity contribution in [2.75, 3.05) is 11.4 Å². The molecule has 118 valence electrons. The molecule has 1 aliphatic carbocycles. The lowest BCUT2D eigenvalue weighted by Crippen LogP contribution is -2.38. The van der Waals surface area contributed by atoms with E-state index in [0.717, 1.165) is 24.6 Å². The van der Waals surface area contributed by atoms with Crippen molar-refractivity contribution in [1.29, 1.82) is 0 Å². The number of nitrogens with one attached hydrogen (secondary N) is 1. The van der Waals surface area contributed by atoms with Gasteiger partial charge in [0.25, 0.3) is 0 Å². The molecule has 1 aromatic heterocycles. The first-order valence-electron chi connectivity index (χ1n) is 8.32. The molecule has 0 radical (unpaired) electrons. The van der Waals surface area contributed by atoms with E-state index >= 15 is 0 Å². The van der Waals surface area contributed by atoms with Gasteiger partial charge in [-0.3, -0.25) is 0 Å². The zero-order chi connectivity index (χ0) is 15.3. The summed E-state index contributed by atoms with van der Waals surface area (Å²) in [4.78, 5) is 11.6. The van der Waals surface area contributed by atoms with Crippen LogP contribution >= 0.6 is 0 Å². The van der Waals surface area contributed by atoms with Gasteiger partial charge in [-0.15, -0.1) is 0 Å². The van der Waals surface area contributed by atoms with Gasteiger partial charge in [-0.05, 0) is 40.5 Å². The van der Waals surface area contributed by atoms with Crippen LogP contribution in [-0.2, 0) is 6.54 Å². The standard InChI is InChI=1S/C17H30N4/c1-5-21(15-9-7-6-8-10-15)16-18-11-14(12-19-16)13-20-17(2,3)4/h11-12,15,20H,5-10,13H2,1-4H3. The van der Waals surface area contributed by atoms with Gasteiger partial charge in [-0.1, -0.05) is 19.3 Å². The van der Waals surface area contributed by atoms with Gasteiger partial charge in [0.05, 0.1) is 0 Å². The molecule has 1 aliphatic rings. The Morgan fingerprint density at radius 2 is 1.76 bits per heavy atom. The zero-order valence-corrected chi connectivity index (χ0v) is 14.0. The number of rotatable bonds is 5. The van der Waals surface area contributed by atoms with Crippen molar-refractivity contribution in [2.45, 2.75) is 77.9 Å². The summed E-state index contributed by atoms with van der Waals surface area (Å²) in [5.41, 5.74) is 1.27. The van der Waals surface area contributed by atoms with Gasteiger partial charge >= 0.3 is 0 Å². The molecule has 1 saturated carbocycles. The van der Waals surface area contributed by atoms with E-state index in [1.807, 2.05) is 12.4 Å². The highest BCUT2D eigenvalue weighted by atomic mass is 15.3. The van der Waals surface area contributed by atoms with Crippen molar-refractivity contribution in [2.24, 2.45) is 0 Å². The molecule has 0 aliphatic heterocycles. The molecule has 1 N–H and O–H groups in total. The first-order chi connectivity index (χ1) is 9.99. The lowest BCUT2D eigenvalue weighted by Gasteiger charge is -2.33. The topological polar surface area (TPSA) is 41.1 Å². The van der Waals surface area contributed by atoms with E-state index < -0.39 is 0 Å². The van der Waals surface area contributed by atoms with Crippen molar-refractivity contribution in [3.63, 3.8) is 0 Å². The van der Waals surface area contributed by atoms with E-state index in [2.05, 4.69) is 47.9 Å². The summed E-state index contributed by atoms with van der Waals surface area (Å²) in [6.45, 7) is 10.5. The van der Waals surface area contributed by atoms with E-state index in [-0.39, 0.29) is 5.54 Å². The minimum atomic E-state index is 0.121. The van der Waals surface area contributed by atoms with E-state index in [0.29, 0.717) is 6.04 Å². The Balaban J connectivity index is 1.99. The van der Waals surface area contributed by atoms with Gasteiger partial charge in [0.15, 0.2) is 0 Å². The first kappa shape index (κ1) is 16.2. The van der Waals surface area contributed by atoms with E-state index in [1.54, 1.807) is 0 Å². The predicted octanol–water partition coefficient (Wildman–Crippen LogP) is 3.52.